The number of aryl methyl sites for hydroxylation is 2. The lowest BCUT2D eigenvalue weighted by molar-refractivity contribution is -0.117. The lowest BCUT2D eigenvalue weighted by atomic mass is 9.99. The highest BCUT2D eigenvalue weighted by molar-refractivity contribution is 5.77. The van der Waals surface area contributed by atoms with Gasteiger partial charge in [0.2, 0.25) is 5.91 Å². The van der Waals surface area contributed by atoms with E-state index in [2.05, 4.69) is 0 Å². The number of nitrogens with two attached hydrogens (primary N) is 1. The van der Waals surface area contributed by atoms with Crippen molar-refractivity contribution in [1.29, 1.82) is 0 Å². The fraction of sp³-hybridized carbons (Fsp3) is 0.235. The highest BCUT2D eigenvalue weighted by Crippen LogP contribution is 2.23. The number of carbonyl (C=O) groups excluding carboxylic acids is 1. The molecule has 0 heterocycles. The van der Waals surface area contributed by atoms with Crippen LogP contribution in [0.1, 0.15) is 22.3 Å². The summed E-state index contributed by atoms with van der Waals surface area (Å²) in [6.45, 7) is 4.48. The number of ether oxygens (including phenoxy) is 1. The van der Waals surface area contributed by atoms with E-state index in [0.717, 1.165) is 28.0 Å². The minimum Gasteiger partial charge on any atom is -0.489 e. The second kappa shape index (κ2) is 6.24. The van der Waals surface area contributed by atoms with Crippen LogP contribution in [0.3, 0.4) is 0 Å². The van der Waals surface area contributed by atoms with Gasteiger partial charge in [0.1, 0.15) is 12.4 Å². The zero-order valence-corrected chi connectivity index (χ0v) is 11.8. The van der Waals surface area contributed by atoms with Crippen molar-refractivity contribution in [2.45, 2.75) is 26.9 Å². The molecular weight excluding hydrogens is 250 g/mol. The first-order valence-electron chi connectivity index (χ1n) is 6.61. The zero-order chi connectivity index (χ0) is 14.5. The molecule has 2 N–H and O–H groups in total. The normalized spacial score (nSPS) is 10.3. The van der Waals surface area contributed by atoms with Crippen molar-refractivity contribution in [3.05, 3.63) is 64.7 Å². The first kappa shape index (κ1) is 14.1. The van der Waals surface area contributed by atoms with Crippen molar-refractivity contribution in [2.24, 2.45) is 5.73 Å². The summed E-state index contributed by atoms with van der Waals surface area (Å²) in [6.07, 6.45) is 0.274. The molecule has 0 spiro atoms. The Morgan fingerprint density at radius 3 is 2.25 bits per heavy atom. The summed E-state index contributed by atoms with van der Waals surface area (Å²) in [7, 11) is 0. The maximum Gasteiger partial charge on any atom is 0.221 e. The second-order valence-corrected chi connectivity index (χ2v) is 4.95. The van der Waals surface area contributed by atoms with Gasteiger partial charge in [-0.3, -0.25) is 4.79 Å². The first-order chi connectivity index (χ1) is 9.56. The summed E-state index contributed by atoms with van der Waals surface area (Å²) in [5.74, 6) is 0.506. The van der Waals surface area contributed by atoms with E-state index in [1.165, 1.54) is 0 Å². The standard InChI is InChI=1S/C17H19NO2/c1-12-8-15(9-13(2)16(12)10-17(18)19)20-11-14-6-4-3-5-7-14/h3-9H,10-11H2,1-2H3,(H2,18,19). The molecule has 0 saturated carbocycles. The summed E-state index contributed by atoms with van der Waals surface area (Å²) in [5.41, 5.74) is 9.45. The Morgan fingerprint density at radius 1 is 1.10 bits per heavy atom. The maximum atomic E-state index is 11.1. The fourth-order valence-corrected chi connectivity index (χ4v) is 2.23. The lowest BCUT2D eigenvalue weighted by Crippen LogP contribution is -2.15. The number of hydrogen-bond acceptors (Lipinski definition) is 2. The van der Waals surface area contributed by atoms with Gasteiger partial charge in [-0.2, -0.15) is 0 Å². The van der Waals surface area contributed by atoms with E-state index in [4.69, 9.17) is 10.5 Å². The SMILES string of the molecule is Cc1cc(OCc2ccccc2)cc(C)c1CC(N)=O. The van der Waals surface area contributed by atoms with Gasteiger partial charge in [0.15, 0.2) is 0 Å². The molecule has 0 atom stereocenters. The van der Waals surface area contributed by atoms with Crippen LogP contribution in [-0.4, -0.2) is 5.91 Å². The molecule has 3 heteroatoms. The Labute approximate surface area is 119 Å². The quantitative estimate of drug-likeness (QED) is 0.907. The molecule has 1 amide bonds. The average Bonchev–Trinajstić information content (AvgIpc) is 2.41. The van der Waals surface area contributed by atoms with Gasteiger partial charge in [-0.1, -0.05) is 30.3 Å². The summed E-state index contributed by atoms with van der Waals surface area (Å²) < 4.78 is 5.80. The molecule has 104 valence electrons. The predicted molar refractivity (Wildman–Crippen MR) is 79.6 cm³/mol. The molecule has 3 nitrogen and oxygen atoms in total. The molecular formula is C17H19NO2. The third kappa shape index (κ3) is 3.60. The molecule has 2 aromatic rings. The van der Waals surface area contributed by atoms with Crippen LogP contribution in [0.15, 0.2) is 42.5 Å². The predicted octanol–water partition coefficient (Wildman–Crippen LogP) is 2.91. The van der Waals surface area contributed by atoms with Crippen molar-refractivity contribution in [2.75, 3.05) is 0 Å². The summed E-state index contributed by atoms with van der Waals surface area (Å²) in [6, 6.07) is 13.9. The molecule has 2 rings (SSSR count). The summed E-state index contributed by atoms with van der Waals surface area (Å²) >= 11 is 0. The monoisotopic (exact) mass is 269 g/mol. The Hall–Kier alpha value is -2.29. The van der Waals surface area contributed by atoms with Crippen LogP contribution in [0.5, 0.6) is 5.75 Å². The molecule has 0 aliphatic rings. The number of rotatable bonds is 5. The third-order valence-electron chi connectivity index (χ3n) is 3.27. The Morgan fingerprint density at radius 2 is 1.70 bits per heavy atom. The molecule has 0 aliphatic carbocycles. The second-order valence-electron chi connectivity index (χ2n) is 4.95. The van der Waals surface area contributed by atoms with Gasteiger partial charge in [-0.05, 0) is 48.2 Å². The smallest absolute Gasteiger partial charge is 0.221 e. The van der Waals surface area contributed by atoms with Crippen LogP contribution < -0.4 is 10.5 Å². The van der Waals surface area contributed by atoms with Crippen molar-refractivity contribution in [3.63, 3.8) is 0 Å². The zero-order valence-electron chi connectivity index (χ0n) is 11.8. The van der Waals surface area contributed by atoms with Gasteiger partial charge in [0, 0.05) is 0 Å². The van der Waals surface area contributed by atoms with Gasteiger partial charge >= 0.3 is 0 Å². The third-order valence-corrected chi connectivity index (χ3v) is 3.27. The van der Waals surface area contributed by atoms with Crippen molar-refractivity contribution < 1.29 is 9.53 Å². The van der Waals surface area contributed by atoms with E-state index in [9.17, 15) is 4.79 Å². The van der Waals surface area contributed by atoms with Gasteiger partial charge in [0.05, 0.1) is 6.42 Å². The number of benzene rings is 2. The van der Waals surface area contributed by atoms with Gasteiger partial charge in [0.25, 0.3) is 0 Å². The van der Waals surface area contributed by atoms with Crippen molar-refractivity contribution in [3.8, 4) is 5.75 Å². The molecule has 0 aliphatic heterocycles. The van der Waals surface area contributed by atoms with E-state index in [1.54, 1.807) is 0 Å². The summed E-state index contributed by atoms with van der Waals surface area (Å²) in [5, 5.41) is 0. The van der Waals surface area contributed by atoms with Gasteiger partial charge < -0.3 is 10.5 Å². The number of carbonyl (C=O) groups is 1. The number of hydrogen-bond donors (Lipinski definition) is 1. The molecule has 20 heavy (non-hydrogen) atoms. The highest BCUT2D eigenvalue weighted by atomic mass is 16.5. The van der Waals surface area contributed by atoms with Crippen LogP contribution in [0.2, 0.25) is 0 Å². The number of amides is 1. The van der Waals surface area contributed by atoms with Crippen LogP contribution in [0.25, 0.3) is 0 Å². The molecule has 0 fully saturated rings. The van der Waals surface area contributed by atoms with E-state index >= 15 is 0 Å². The van der Waals surface area contributed by atoms with E-state index in [-0.39, 0.29) is 12.3 Å². The lowest BCUT2D eigenvalue weighted by Gasteiger charge is -2.12. The fourth-order valence-electron chi connectivity index (χ4n) is 2.23. The van der Waals surface area contributed by atoms with Crippen LogP contribution in [-0.2, 0) is 17.8 Å². The first-order valence-corrected chi connectivity index (χ1v) is 6.61. The Kier molecular flexibility index (Phi) is 4.41. The minimum atomic E-state index is -0.311. The molecule has 2 aromatic carbocycles. The van der Waals surface area contributed by atoms with Gasteiger partial charge in [-0.15, -0.1) is 0 Å². The Balaban J connectivity index is 2.12. The molecule has 0 radical (unpaired) electrons. The molecule has 0 unspecified atom stereocenters. The van der Waals surface area contributed by atoms with Crippen LogP contribution in [0, 0.1) is 13.8 Å². The molecule has 0 aromatic heterocycles. The molecule has 0 saturated heterocycles. The average molecular weight is 269 g/mol. The highest BCUT2D eigenvalue weighted by Gasteiger charge is 2.08. The number of primary amides is 1. The summed E-state index contributed by atoms with van der Waals surface area (Å²) in [4.78, 5) is 11.1. The maximum absolute atomic E-state index is 11.1. The van der Waals surface area contributed by atoms with E-state index in [1.807, 2.05) is 56.3 Å². The van der Waals surface area contributed by atoms with E-state index in [0.29, 0.717) is 6.61 Å². The Bertz CT molecular complexity index is 583. The van der Waals surface area contributed by atoms with Crippen molar-refractivity contribution >= 4 is 5.91 Å². The molecule has 0 bridgehead atoms. The van der Waals surface area contributed by atoms with Gasteiger partial charge in [-0.25, -0.2) is 0 Å². The topological polar surface area (TPSA) is 52.3 Å². The largest absolute Gasteiger partial charge is 0.489 e. The van der Waals surface area contributed by atoms with Crippen LogP contribution in [0.4, 0.5) is 0 Å². The minimum absolute atomic E-state index is 0.274. The van der Waals surface area contributed by atoms with Crippen molar-refractivity contribution in [1.82, 2.24) is 0 Å². The van der Waals surface area contributed by atoms with Crippen LogP contribution >= 0.6 is 0 Å². The van der Waals surface area contributed by atoms with E-state index < -0.39 is 0 Å².